The van der Waals surface area contributed by atoms with Gasteiger partial charge in [-0.15, -0.1) is 0 Å². The van der Waals surface area contributed by atoms with Crippen LogP contribution in [-0.2, 0) is 18.3 Å². The summed E-state index contributed by atoms with van der Waals surface area (Å²) < 4.78 is 54.5. The molecule has 1 aliphatic rings. The summed E-state index contributed by atoms with van der Waals surface area (Å²) in [4.78, 5) is 7.69. The van der Waals surface area contributed by atoms with E-state index < -0.39 is 23.2 Å². The number of amidine groups is 1. The smallest absolute Gasteiger partial charge is 0.381 e. The first kappa shape index (κ1) is 16.0. The average Bonchev–Trinajstić information content (AvgIpc) is 2.85. The molecule has 0 saturated heterocycles. The number of imidazole rings is 1. The van der Waals surface area contributed by atoms with Crippen LogP contribution in [-0.4, -0.2) is 15.4 Å². The quantitative estimate of drug-likeness (QED) is 0.758. The average molecular weight is 391 g/mol. The van der Waals surface area contributed by atoms with Gasteiger partial charge in [0, 0.05) is 16.2 Å². The number of hydrogen-bond donors (Lipinski definition) is 1. The molecule has 9 heteroatoms. The summed E-state index contributed by atoms with van der Waals surface area (Å²) >= 11 is 3.25. The fraction of sp³-hybridized carbons (Fsp3) is 0.286. The van der Waals surface area contributed by atoms with Gasteiger partial charge in [-0.25, -0.2) is 9.37 Å². The molecule has 23 heavy (non-hydrogen) atoms. The second-order valence-electron chi connectivity index (χ2n) is 5.47. The van der Waals surface area contributed by atoms with Crippen molar-refractivity contribution < 1.29 is 17.6 Å². The fourth-order valence-corrected chi connectivity index (χ4v) is 2.98. The van der Waals surface area contributed by atoms with Crippen LogP contribution in [0.1, 0.15) is 24.0 Å². The number of rotatable bonds is 1. The third-order valence-corrected chi connectivity index (χ3v) is 4.14. The minimum atomic E-state index is -4.58. The minimum Gasteiger partial charge on any atom is -0.381 e. The van der Waals surface area contributed by atoms with E-state index in [1.807, 2.05) is 0 Å². The maximum atomic E-state index is 14.2. The number of alkyl halides is 3. The van der Waals surface area contributed by atoms with Crippen molar-refractivity contribution in [3.8, 4) is 0 Å². The molecule has 0 aliphatic carbocycles. The van der Waals surface area contributed by atoms with Gasteiger partial charge in [-0.3, -0.25) is 4.99 Å². The van der Waals surface area contributed by atoms with Crippen LogP contribution in [0.3, 0.4) is 0 Å². The summed E-state index contributed by atoms with van der Waals surface area (Å²) in [5.74, 6) is -0.731. The second-order valence-corrected chi connectivity index (χ2v) is 6.39. The first-order valence-corrected chi connectivity index (χ1v) is 7.35. The molecule has 0 bridgehead atoms. The van der Waals surface area contributed by atoms with Crippen molar-refractivity contribution in [1.29, 1.82) is 0 Å². The van der Waals surface area contributed by atoms with Gasteiger partial charge < -0.3 is 10.3 Å². The Morgan fingerprint density at radius 3 is 2.70 bits per heavy atom. The third kappa shape index (κ3) is 2.73. The minimum absolute atomic E-state index is 0.000509. The van der Waals surface area contributed by atoms with Crippen LogP contribution in [0.4, 0.5) is 17.6 Å². The fourth-order valence-electron chi connectivity index (χ4n) is 2.62. The van der Waals surface area contributed by atoms with E-state index in [0.29, 0.717) is 4.47 Å². The van der Waals surface area contributed by atoms with Gasteiger partial charge in [-0.05, 0) is 25.1 Å². The Morgan fingerprint density at radius 1 is 1.35 bits per heavy atom. The van der Waals surface area contributed by atoms with Crippen molar-refractivity contribution in [3.63, 3.8) is 0 Å². The van der Waals surface area contributed by atoms with Gasteiger partial charge >= 0.3 is 6.18 Å². The normalized spacial score (nSPS) is 21.0. The third-order valence-electron chi connectivity index (χ3n) is 3.65. The molecule has 4 nitrogen and oxygen atoms in total. The Kier molecular flexibility index (Phi) is 3.51. The topological polar surface area (TPSA) is 56.2 Å². The largest absolute Gasteiger partial charge is 0.434 e. The highest BCUT2D eigenvalue weighted by atomic mass is 79.9. The zero-order chi connectivity index (χ0) is 17.0. The molecule has 3 rings (SSSR count). The Labute approximate surface area is 137 Å². The van der Waals surface area contributed by atoms with E-state index >= 15 is 0 Å². The van der Waals surface area contributed by atoms with Crippen LogP contribution in [0.2, 0.25) is 0 Å². The number of aliphatic imine (C=N–C) groups is 1. The number of hydrogen-bond acceptors (Lipinski definition) is 3. The Morgan fingerprint density at radius 2 is 2.04 bits per heavy atom. The number of halogens is 5. The molecule has 0 spiro atoms. The van der Waals surface area contributed by atoms with E-state index in [4.69, 9.17) is 5.73 Å². The van der Waals surface area contributed by atoms with E-state index in [9.17, 15) is 17.6 Å². The molecule has 1 aromatic heterocycles. The summed E-state index contributed by atoms with van der Waals surface area (Å²) in [6, 6.07) is 4.34. The lowest BCUT2D eigenvalue weighted by Gasteiger charge is -2.31. The van der Waals surface area contributed by atoms with E-state index in [1.54, 1.807) is 13.0 Å². The predicted octanol–water partition coefficient (Wildman–Crippen LogP) is 3.44. The van der Waals surface area contributed by atoms with Crippen molar-refractivity contribution >= 4 is 21.8 Å². The van der Waals surface area contributed by atoms with Crippen molar-refractivity contribution in [2.75, 3.05) is 0 Å². The van der Waals surface area contributed by atoms with Gasteiger partial charge in [0.15, 0.2) is 17.4 Å². The maximum Gasteiger partial charge on any atom is 0.434 e. The van der Waals surface area contributed by atoms with Gasteiger partial charge in [0.2, 0.25) is 0 Å². The molecule has 0 saturated carbocycles. The van der Waals surface area contributed by atoms with Gasteiger partial charge in [0.1, 0.15) is 11.4 Å². The Balaban J connectivity index is 2.10. The summed E-state index contributed by atoms with van der Waals surface area (Å²) in [6.45, 7) is 1.61. The van der Waals surface area contributed by atoms with Crippen LogP contribution in [0.25, 0.3) is 0 Å². The molecule has 0 radical (unpaired) electrons. The molecule has 0 fully saturated rings. The summed E-state index contributed by atoms with van der Waals surface area (Å²) in [7, 11) is 0. The van der Waals surface area contributed by atoms with Crippen molar-refractivity contribution in [2.24, 2.45) is 10.7 Å². The zero-order valence-corrected chi connectivity index (χ0v) is 13.4. The van der Waals surface area contributed by atoms with Crippen molar-refractivity contribution in [3.05, 3.63) is 51.8 Å². The first-order valence-electron chi connectivity index (χ1n) is 6.56. The molecule has 122 valence electrons. The monoisotopic (exact) mass is 390 g/mol. The van der Waals surface area contributed by atoms with Crippen LogP contribution < -0.4 is 5.73 Å². The summed E-state index contributed by atoms with van der Waals surface area (Å²) in [5.41, 5.74) is 3.83. The summed E-state index contributed by atoms with van der Waals surface area (Å²) in [5, 5.41) is 0. The number of nitrogens with two attached hydrogens (primary N) is 1. The lowest BCUT2D eigenvalue weighted by molar-refractivity contribution is -0.141. The van der Waals surface area contributed by atoms with Crippen LogP contribution >= 0.6 is 15.9 Å². The molecule has 2 heterocycles. The van der Waals surface area contributed by atoms with Gasteiger partial charge in [0.05, 0.1) is 6.54 Å². The molecule has 1 aliphatic heterocycles. The van der Waals surface area contributed by atoms with Gasteiger partial charge in [-0.2, -0.15) is 13.2 Å². The molecule has 2 aromatic rings. The molecule has 0 amide bonds. The lowest BCUT2D eigenvalue weighted by atomic mass is 9.91. The van der Waals surface area contributed by atoms with Crippen molar-refractivity contribution in [1.82, 2.24) is 9.55 Å². The van der Waals surface area contributed by atoms with Crippen LogP contribution in [0, 0.1) is 5.82 Å². The van der Waals surface area contributed by atoms with E-state index in [2.05, 4.69) is 25.9 Å². The van der Waals surface area contributed by atoms with E-state index in [1.165, 1.54) is 16.7 Å². The van der Waals surface area contributed by atoms with E-state index in [-0.39, 0.29) is 23.8 Å². The predicted molar refractivity (Wildman–Crippen MR) is 79.4 cm³/mol. The number of nitrogens with zero attached hydrogens (tertiary/aromatic N) is 3. The Bertz CT molecular complexity index is 812. The highest BCUT2D eigenvalue weighted by Crippen LogP contribution is 2.36. The molecule has 1 aromatic carbocycles. The van der Waals surface area contributed by atoms with Crippen LogP contribution in [0.5, 0.6) is 0 Å². The second kappa shape index (κ2) is 5.05. The highest BCUT2D eigenvalue weighted by Gasteiger charge is 2.40. The van der Waals surface area contributed by atoms with Crippen LogP contribution in [0.15, 0.2) is 33.9 Å². The molecule has 1 atom stereocenters. The highest BCUT2D eigenvalue weighted by molar-refractivity contribution is 9.10. The SMILES string of the molecule is CC1(c2cc(Br)ccc2F)Cn2cc(C(F)(F)F)nc2C(N)=N1. The first-order chi connectivity index (χ1) is 10.6. The lowest BCUT2D eigenvalue weighted by Crippen LogP contribution is -2.37. The molecular formula is C14H11BrF4N4. The number of benzene rings is 1. The van der Waals surface area contributed by atoms with E-state index in [0.717, 1.165) is 6.20 Å². The number of aromatic nitrogens is 2. The van der Waals surface area contributed by atoms with Gasteiger partial charge in [-0.1, -0.05) is 15.9 Å². The number of fused-ring (bicyclic) bond motifs is 1. The molecule has 2 N–H and O–H groups in total. The van der Waals surface area contributed by atoms with Crippen molar-refractivity contribution in [2.45, 2.75) is 25.2 Å². The molecule has 1 unspecified atom stereocenters. The zero-order valence-electron chi connectivity index (χ0n) is 11.8. The standard InChI is InChI=1S/C14H11BrF4N4/c1-13(8-4-7(15)2-3-9(8)16)6-23-5-10(14(17,18)19)21-12(23)11(20)22-13/h2-5H,6H2,1H3,(H2,20,22). The van der Waals surface area contributed by atoms with Gasteiger partial charge in [0.25, 0.3) is 0 Å². The molecular weight excluding hydrogens is 380 g/mol. The maximum absolute atomic E-state index is 14.2. The summed E-state index contributed by atoms with van der Waals surface area (Å²) in [6.07, 6.45) is -3.72. The Hall–Kier alpha value is -1.90.